The van der Waals surface area contributed by atoms with Crippen LogP contribution in [0.5, 0.6) is 0 Å². The molecule has 0 saturated carbocycles. The Bertz CT molecular complexity index is 265. The molecule has 0 radical (unpaired) electrons. The minimum atomic E-state index is -0.786. The number of nitrogens with one attached hydrogen (secondary N) is 1. The van der Waals surface area contributed by atoms with E-state index in [4.69, 9.17) is 0 Å². The minimum Gasteiger partial charge on any atom is -0.664 e. The van der Waals surface area contributed by atoms with Crippen LogP contribution in [0, 0.1) is 0 Å². The Morgan fingerprint density at radius 3 is 2.69 bits per heavy atom. The van der Waals surface area contributed by atoms with Crippen molar-refractivity contribution in [2.75, 3.05) is 0 Å². The zero-order valence-electron chi connectivity index (χ0n) is 6.73. The molecule has 0 unspecified atom stereocenters. The van der Waals surface area contributed by atoms with Gasteiger partial charge in [0, 0.05) is 0 Å². The van der Waals surface area contributed by atoms with Crippen LogP contribution in [0.4, 0.5) is 4.79 Å². The predicted octanol–water partition coefficient (Wildman–Crippen LogP) is 1.31. The van der Waals surface area contributed by atoms with Crippen LogP contribution in [0.2, 0.25) is 0 Å². The molecule has 0 bridgehead atoms. The van der Waals surface area contributed by atoms with E-state index in [0.717, 1.165) is 5.56 Å². The van der Waals surface area contributed by atoms with E-state index in [1.54, 1.807) is 0 Å². The summed E-state index contributed by atoms with van der Waals surface area (Å²) in [7, 11) is 0. The molecule has 1 N–H and O–H groups in total. The Hall–Kier alpha value is -1.20. The SMILES string of the molecule is O=C(N[S-])OOCc1ccccc1. The Labute approximate surface area is 81.3 Å². The third kappa shape index (κ3) is 3.82. The normalized spacial score (nSPS) is 9.31. The summed E-state index contributed by atoms with van der Waals surface area (Å²) in [6.07, 6.45) is -0.786. The van der Waals surface area contributed by atoms with Crippen LogP contribution in [0.25, 0.3) is 0 Å². The molecule has 0 aliphatic rings. The topological polar surface area (TPSA) is 47.6 Å². The number of hydrogen-bond donors (Lipinski definition) is 1. The molecule has 1 aromatic carbocycles. The summed E-state index contributed by atoms with van der Waals surface area (Å²) in [6.45, 7) is 0.212. The van der Waals surface area contributed by atoms with Crippen molar-refractivity contribution in [3.8, 4) is 0 Å². The molecule has 70 valence electrons. The maximum Gasteiger partial charge on any atom is 0.416 e. The van der Waals surface area contributed by atoms with Gasteiger partial charge in [-0.3, -0.25) is 4.89 Å². The molecule has 0 aliphatic heterocycles. The molecule has 1 amide bonds. The van der Waals surface area contributed by atoms with Crippen molar-refractivity contribution in [1.82, 2.24) is 4.72 Å². The molecule has 0 aromatic heterocycles. The second kappa shape index (κ2) is 5.45. The fourth-order valence-electron chi connectivity index (χ4n) is 0.742. The van der Waals surface area contributed by atoms with Gasteiger partial charge in [-0.2, -0.15) is 4.89 Å². The smallest absolute Gasteiger partial charge is 0.416 e. The van der Waals surface area contributed by atoms with Crippen molar-refractivity contribution in [1.29, 1.82) is 0 Å². The molecule has 0 atom stereocenters. The molecular formula is C8H8NO3S-. The van der Waals surface area contributed by atoms with E-state index >= 15 is 0 Å². The zero-order chi connectivity index (χ0) is 9.52. The quantitative estimate of drug-likeness (QED) is 0.452. The van der Waals surface area contributed by atoms with E-state index in [2.05, 4.69) is 22.6 Å². The first-order valence-corrected chi connectivity index (χ1v) is 3.99. The van der Waals surface area contributed by atoms with Crippen molar-refractivity contribution in [2.24, 2.45) is 0 Å². The highest BCUT2D eigenvalue weighted by Gasteiger charge is 1.95. The average Bonchev–Trinajstić information content (AvgIpc) is 2.19. The number of carbonyl (C=O) groups excluding carboxylic acids is 1. The van der Waals surface area contributed by atoms with Gasteiger partial charge in [0.25, 0.3) is 0 Å². The Kier molecular flexibility index (Phi) is 4.14. The monoisotopic (exact) mass is 198 g/mol. The van der Waals surface area contributed by atoms with Crippen LogP contribution in [-0.2, 0) is 29.2 Å². The fraction of sp³-hybridized carbons (Fsp3) is 0.125. The number of carbonyl (C=O) groups is 1. The highest BCUT2D eigenvalue weighted by atomic mass is 32.1. The summed E-state index contributed by atoms with van der Waals surface area (Å²) >= 11 is 4.20. The van der Waals surface area contributed by atoms with Crippen molar-refractivity contribution in [3.63, 3.8) is 0 Å². The van der Waals surface area contributed by atoms with Crippen LogP contribution < -0.4 is 4.72 Å². The van der Waals surface area contributed by atoms with Crippen LogP contribution in [0.15, 0.2) is 30.3 Å². The van der Waals surface area contributed by atoms with Gasteiger partial charge in [-0.25, -0.2) is 4.79 Å². The lowest BCUT2D eigenvalue weighted by molar-refractivity contribution is -0.247. The molecule has 0 heterocycles. The van der Waals surface area contributed by atoms with Gasteiger partial charge < -0.3 is 17.5 Å². The van der Waals surface area contributed by atoms with Crippen LogP contribution >= 0.6 is 0 Å². The number of benzene rings is 1. The van der Waals surface area contributed by atoms with Gasteiger partial charge in [-0.1, -0.05) is 30.3 Å². The van der Waals surface area contributed by atoms with Gasteiger partial charge in [0.1, 0.15) is 6.61 Å². The summed E-state index contributed by atoms with van der Waals surface area (Å²) in [5, 5.41) is 0. The van der Waals surface area contributed by atoms with Gasteiger partial charge in [-0.15, -0.1) is 0 Å². The second-order valence-electron chi connectivity index (χ2n) is 2.22. The highest BCUT2D eigenvalue weighted by molar-refractivity contribution is 7.57. The maximum absolute atomic E-state index is 10.4. The number of rotatable bonds is 3. The van der Waals surface area contributed by atoms with Crippen molar-refractivity contribution in [2.45, 2.75) is 6.61 Å². The predicted molar refractivity (Wildman–Crippen MR) is 48.2 cm³/mol. The summed E-state index contributed by atoms with van der Waals surface area (Å²) in [5.41, 5.74) is 0.916. The molecule has 4 nitrogen and oxygen atoms in total. The number of hydrogen-bond acceptors (Lipinski definition) is 4. The molecule has 5 heteroatoms. The third-order valence-electron chi connectivity index (χ3n) is 1.29. The molecule has 0 aliphatic carbocycles. The van der Waals surface area contributed by atoms with Gasteiger partial charge in [0.15, 0.2) is 0 Å². The van der Waals surface area contributed by atoms with E-state index in [-0.39, 0.29) is 6.61 Å². The first kappa shape index (κ1) is 9.88. The number of amides is 1. The van der Waals surface area contributed by atoms with Crippen LogP contribution in [-0.4, -0.2) is 6.09 Å². The molecule has 0 saturated heterocycles. The van der Waals surface area contributed by atoms with Crippen LogP contribution in [0.1, 0.15) is 5.56 Å². The molecule has 0 spiro atoms. The average molecular weight is 198 g/mol. The first-order chi connectivity index (χ1) is 6.33. The van der Waals surface area contributed by atoms with E-state index < -0.39 is 6.09 Å². The van der Waals surface area contributed by atoms with E-state index in [9.17, 15) is 4.79 Å². The van der Waals surface area contributed by atoms with Crippen molar-refractivity contribution >= 4 is 18.9 Å². The molecule has 13 heavy (non-hydrogen) atoms. The van der Waals surface area contributed by atoms with E-state index in [0.29, 0.717) is 0 Å². The van der Waals surface area contributed by atoms with Gasteiger partial charge in [0.2, 0.25) is 0 Å². The molecule has 1 aromatic rings. The lowest BCUT2D eigenvalue weighted by Gasteiger charge is -2.07. The van der Waals surface area contributed by atoms with Gasteiger partial charge >= 0.3 is 6.09 Å². The largest absolute Gasteiger partial charge is 0.664 e. The van der Waals surface area contributed by atoms with Crippen molar-refractivity contribution in [3.05, 3.63) is 35.9 Å². The molecule has 1 rings (SSSR count). The van der Waals surface area contributed by atoms with Crippen molar-refractivity contribution < 1.29 is 14.6 Å². The van der Waals surface area contributed by atoms with Gasteiger partial charge in [0.05, 0.1) is 0 Å². The standard InChI is InChI=1S/C8H8NO3S/c10-8(9-13)12-11-6-7-4-2-1-3-5-7/h1-5H,6H2,(H-,9,10,13)/q-1. The second-order valence-corrected chi connectivity index (χ2v) is 2.42. The Morgan fingerprint density at radius 1 is 1.38 bits per heavy atom. The lowest BCUT2D eigenvalue weighted by Crippen LogP contribution is -2.17. The lowest BCUT2D eigenvalue weighted by atomic mass is 10.2. The summed E-state index contributed by atoms with van der Waals surface area (Å²) in [4.78, 5) is 19.3. The maximum atomic E-state index is 10.4. The Morgan fingerprint density at radius 2 is 2.08 bits per heavy atom. The Balaban J connectivity index is 2.24. The summed E-state index contributed by atoms with van der Waals surface area (Å²) < 4.78 is 1.85. The fourth-order valence-corrected chi connectivity index (χ4v) is 0.776. The molecule has 0 fully saturated rings. The van der Waals surface area contributed by atoms with E-state index in [1.165, 1.54) is 0 Å². The molecular weight excluding hydrogens is 190 g/mol. The van der Waals surface area contributed by atoms with E-state index in [1.807, 2.05) is 35.1 Å². The highest BCUT2D eigenvalue weighted by Crippen LogP contribution is 2.00. The minimum absolute atomic E-state index is 0.212. The van der Waals surface area contributed by atoms with Crippen LogP contribution in [0.3, 0.4) is 0 Å². The first-order valence-electron chi connectivity index (χ1n) is 3.58. The summed E-state index contributed by atoms with van der Waals surface area (Å²) in [5.74, 6) is 0. The summed E-state index contributed by atoms with van der Waals surface area (Å²) in [6, 6.07) is 9.34. The third-order valence-corrected chi connectivity index (χ3v) is 1.45. The van der Waals surface area contributed by atoms with Gasteiger partial charge in [-0.05, 0) is 5.56 Å². The zero-order valence-corrected chi connectivity index (χ0v) is 7.54.